The van der Waals surface area contributed by atoms with Gasteiger partial charge in [-0.25, -0.2) is 0 Å². The Hall–Kier alpha value is -2.60. The molecule has 0 spiro atoms. The van der Waals surface area contributed by atoms with Crippen LogP contribution in [0.4, 0.5) is 5.69 Å². The lowest BCUT2D eigenvalue weighted by atomic mass is 10.1. The van der Waals surface area contributed by atoms with Crippen molar-refractivity contribution in [1.29, 1.82) is 0 Å². The summed E-state index contributed by atoms with van der Waals surface area (Å²) in [5, 5.41) is 11.2. The van der Waals surface area contributed by atoms with E-state index in [2.05, 4.69) is 15.5 Å². The average Bonchev–Trinajstić information content (AvgIpc) is 3.04. The molecule has 6 heteroatoms. The quantitative estimate of drug-likeness (QED) is 0.709. The van der Waals surface area contributed by atoms with Crippen molar-refractivity contribution in [3.05, 3.63) is 59.7 Å². The third kappa shape index (κ3) is 4.23. The monoisotopic (exact) mass is 339 g/mol. The van der Waals surface area contributed by atoms with Gasteiger partial charge in [-0.15, -0.1) is 10.2 Å². The van der Waals surface area contributed by atoms with E-state index in [0.29, 0.717) is 11.1 Å². The lowest BCUT2D eigenvalue weighted by Crippen LogP contribution is -2.13. The van der Waals surface area contributed by atoms with Gasteiger partial charge in [-0.2, -0.15) is 0 Å². The van der Waals surface area contributed by atoms with E-state index in [1.165, 1.54) is 11.8 Å². The van der Waals surface area contributed by atoms with Crippen molar-refractivity contribution in [3.63, 3.8) is 0 Å². The minimum absolute atomic E-state index is 0.112. The summed E-state index contributed by atoms with van der Waals surface area (Å²) < 4.78 is 5.60. The Kier molecular flexibility index (Phi) is 4.96. The fourth-order valence-electron chi connectivity index (χ4n) is 2.12. The molecule has 1 N–H and O–H groups in total. The van der Waals surface area contributed by atoms with Gasteiger partial charge in [0.05, 0.1) is 5.75 Å². The van der Waals surface area contributed by atoms with E-state index in [1.807, 2.05) is 62.4 Å². The van der Waals surface area contributed by atoms with Crippen molar-refractivity contribution in [3.8, 4) is 11.5 Å². The van der Waals surface area contributed by atoms with Crippen LogP contribution in [0.1, 0.15) is 11.1 Å². The normalized spacial score (nSPS) is 10.6. The van der Waals surface area contributed by atoms with Gasteiger partial charge in [0.15, 0.2) is 0 Å². The third-order valence-corrected chi connectivity index (χ3v) is 4.15. The van der Waals surface area contributed by atoms with E-state index in [9.17, 15) is 4.79 Å². The Bertz CT molecular complexity index is 843. The van der Waals surface area contributed by atoms with Gasteiger partial charge in [-0.05, 0) is 38.1 Å². The molecule has 3 aromatic rings. The van der Waals surface area contributed by atoms with Crippen LogP contribution in [0, 0.1) is 13.8 Å². The lowest BCUT2D eigenvalue weighted by molar-refractivity contribution is -0.113. The van der Waals surface area contributed by atoms with Crippen molar-refractivity contribution in [2.75, 3.05) is 11.1 Å². The number of nitrogens with zero attached hydrogens (tertiary/aromatic N) is 2. The molecule has 0 atom stereocenters. The van der Waals surface area contributed by atoms with E-state index >= 15 is 0 Å². The number of carbonyl (C=O) groups excluding carboxylic acids is 1. The average molecular weight is 339 g/mol. The molecule has 1 amide bonds. The van der Waals surface area contributed by atoms with E-state index in [1.54, 1.807) is 0 Å². The molecular weight excluding hydrogens is 322 g/mol. The first-order valence-electron chi connectivity index (χ1n) is 7.50. The molecular formula is C18H17N3O2S. The molecule has 0 aliphatic rings. The van der Waals surface area contributed by atoms with Crippen LogP contribution in [-0.4, -0.2) is 21.9 Å². The summed E-state index contributed by atoms with van der Waals surface area (Å²) in [5.41, 5.74) is 3.92. The van der Waals surface area contributed by atoms with E-state index in [0.717, 1.165) is 22.4 Å². The summed E-state index contributed by atoms with van der Waals surface area (Å²) >= 11 is 1.22. The maximum atomic E-state index is 12.0. The number of hydrogen-bond donors (Lipinski definition) is 1. The van der Waals surface area contributed by atoms with Crippen molar-refractivity contribution < 1.29 is 9.21 Å². The second-order valence-corrected chi connectivity index (χ2v) is 6.37. The molecule has 0 unspecified atom stereocenters. The minimum atomic E-state index is -0.112. The number of carbonyl (C=O) groups is 1. The number of anilines is 1. The Morgan fingerprint density at radius 3 is 2.62 bits per heavy atom. The summed E-state index contributed by atoms with van der Waals surface area (Å²) in [5.74, 6) is 0.558. The predicted molar refractivity (Wildman–Crippen MR) is 95.0 cm³/mol. The maximum absolute atomic E-state index is 12.0. The molecule has 0 aliphatic carbocycles. The first-order valence-corrected chi connectivity index (χ1v) is 8.48. The number of nitrogens with one attached hydrogen (secondary N) is 1. The zero-order valence-corrected chi connectivity index (χ0v) is 14.3. The second-order valence-electron chi connectivity index (χ2n) is 5.45. The Labute approximate surface area is 144 Å². The lowest BCUT2D eigenvalue weighted by Gasteiger charge is -2.04. The standard InChI is InChI=1S/C18H17N3O2S/c1-12-6-8-15(9-7-12)19-16(22)11-24-18-21-20-17(23-18)14-5-3-4-13(2)10-14/h3-10H,11H2,1-2H3,(H,19,22). The molecule has 5 nitrogen and oxygen atoms in total. The Balaban J connectivity index is 1.57. The summed E-state index contributed by atoms with van der Waals surface area (Å²) in [7, 11) is 0. The molecule has 0 aliphatic heterocycles. The van der Waals surface area contributed by atoms with Crippen LogP contribution in [0.15, 0.2) is 58.2 Å². The number of amides is 1. The van der Waals surface area contributed by atoms with Crippen LogP contribution in [0.2, 0.25) is 0 Å². The van der Waals surface area contributed by atoms with Gasteiger partial charge in [0, 0.05) is 11.3 Å². The van der Waals surface area contributed by atoms with Crippen molar-refractivity contribution >= 4 is 23.4 Å². The van der Waals surface area contributed by atoms with Crippen LogP contribution in [0.3, 0.4) is 0 Å². The molecule has 24 heavy (non-hydrogen) atoms. The molecule has 0 saturated heterocycles. The van der Waals surface area contributed by atoms with E-state index in [-0.39, 0.29) is 11.7 Å². The number of benzene rings is 2. The zero-order valence-electron chi connectivity index (χ0n) is 13.4. The topological polar surface area (TPSA) is 68.0 Å². The maximum Gasteiger partial charge on any atom is 0.277 e. The first kappa shape index (κ1) is 16.3. The summed E-state index contributed by atoms with van der Waals surface area (Å²) in [6, 6.07) is 15.5. The molecule has 0 radical (unpaired) electrons. The molecule has 0 bridgehead atoms. The minimum Gasteiger partial charge on any atom is -0.411 e. The second kappa shape index (κ2) is 7.31. The number of aryl methyl sites for hydroxylation is 2. The number of hydrogen-bond acceptors (Lipinski definition) is 5. The van der Waals surface area contributed by atoms with Gasteiger partial charge < -0.3 is 9.73 Å². The van der Waals surface area contributed by atoms with E-state index in [4.69, 9.17) is 4.42 Å². The fourth-order valence-corrected chi connectivity index (χ4v) is 2.69. The van der Waals surface area contributed by atoms with Gasteiger partial charge in [-0.1, -0.05) is 47.2 Å². The fraction of sp³-hybridized carbons (Fsp3) is 0.167. The van der Waals surface area contributed by atoms with Gasteiger partial charge >= 0.3 is 0 Å². The summed E-state index contributed by atoms with van der Waals surface area (Å²) in [6.07, 6.45) is 0. The predicted octanol–water partition coefficient (Wildman–Crippen LogP) is 4.08. The molecule has 1 aromatic heterocycles. The highest BCUT2D eigenvalue weighted by Crippen LogP contribution is 2.23. The first-order chi connectivity index (χ1) is 11.6. The smallest absolute Gasteiger partial charge is 0.277 e. The Morgan fingerprint density at radius 1 is 1.08 bits per heavy atom. The van der Waals surface area contributed by atoms with Gasteiger partial charge in [0.2, 0.25) is 11.8 Å². The van der Waals surface area contributed by atoms with Gasteiger partial charge in [-0.3, -0.25) is 4.79 Å². The van der Waals surface area contributed by atoms with Crippen molar-refractivity contribution in [2.24, 2.45) is 0 Å². The van der Waals surface area contributed by atoms with Crippen LogP contribution < -0.4 is 5.32 Å². The van der Waals surface area contributed by atoms with Crippen LogP contribution in [-0.2, 0) is 4.79 Å². The third-order valence-electron chi connectivity index (χ3n) is 3.33. The highest BCUT2D eigenvalue weighted by Gasteiger charge is 2.11. The molecule has 0 saturated carbocycles. The van der Waals surface area contributed by atoms with Crippen molar-refractivity contribution in [1.82, 2.24) is 10.2 Å². The van der Waals surface area contributed by atoms with Crippen LogP contribution in [0.5, 0.6) is 0 Å². The van der Waals surface area contributed by atoms with Crippen LogP contribution >= 0.6 is 11.8 Å². The number of aromatic nitrogens is 2. The summed E-state index contributed by atoms with van der Waals surface area (Å²) in [4.78, 5) is 12.0. The van der Waals surface area contributed by atoms with Crippen LogP contribution in [0.25, 0.3) is 11.5 Å². The largest absolute Gasteiger partial charge is 0.411 e. The van der Waals surface area contributed by atoms with Crippen molar-refractivity contribution in [2.45, 2.75) is 19.1 Å². The Morgan fingerprint density at radius 2 is 1.88 bits per heavy atom. The molecule has 1 heterocycles. The molecule has 122 valence electrons. The molecule has 3 rings (SSSR count). The van der Waals surface area contributed by atoms with E-state index < -0.39 is 0 Å². The highest BCUT2D eigenvalue weighted by molar-refractivity contribution is 7.99. The van der Waals surface area contributed by atoms with Gasteiger partial charge in [0.1, 0.15) is 0 Å². The summed E-state index contributed by atoms with van der Waals surface area (Å²) in [6.45, 7) is 4.01. The molecule has 2 aromatic carbocycles. The van der Waals surface area contributed by atoms with Gasteiger partial charge in [0.25, 0.3) is 5.22 Å². The number of rotatable bonds is 5. The zero-order chi connectivity index (χ0) is 16.9. The molecule has 0 fully saturated rings. The highest BCUT2D eigenvalue weighted by atomic mass is 32.2. The SMILES string of the molecule is Cc1ccc(NC(=O)CSc2nnc(-c3cccc(C)c3)o2)cc1. The number of thioether (sulfide) groups is 1.